The third-order valence-corrected chi connectivity index (χ3v) is 5.24. The molecular weight excluding hydrogens is 440 g/mol. The van der Waals surface area contributed by atoms with Crippen molar-refractivity contribution in [3.63, 3.8) is 0 Å². The van der Waals surface area contributed by atoms with E-state index in [0.717, 1.165) is 35.3 Å². The van der Waals surface area contributed by atoms with Gasteiger partial charge in [-0.05, 0) is 67.6 Å². The zero-order chi connectivity index (χ0) is 24.2. The van der Waals surface area contributed by atoms with Gasteiger partial charge in [0.1, 0.15) is 5.82 Å². The zero-order valence-corrected chi connectivity index (χ0v) is 18.2. The van der Waals surface area contributed by atoms with Crippen LogP contribution in [0.4, 0.5) is 23.1 Å². The first-order valence-electron chi connectivity index (χ1n) is 10.4. The average molecular weight is 462 g/mol. The van der Waals surface area contributed by atoms with E-state index < -0.39 is 11.7 Å². The number of fused-ring (bicyclic) bond motifs is 1. The number of aromatic nitrogens is 3. The van der Waals surface area contributed by atoms with Crippen LogP contribution in [0.25, 0.3) is 11.1 Å². The summed E-state index contributed by atoms with van der Waals surface area (Å²) in [6.07, 6.45) is 3.84. The molecule has 2 aromatic heterocycles. The van der Waals surface area contributed by atoms with Crippen molar-refractivity contribution in [3.05, 3.63) is 69.8 Å². The van der Waals surface area contributed by atoms with Crippen LogP contribution in [0.2, 0.25) is 0 Å². The average Bonchev–Trinajstić information content (AvgIpc) is 3.57. The monoisotopic (exact) mass is 462 g/mol. The van der Waals surface area contributed by atoms with Crippen LogP contribution in [-0.4, -0.2) is 32.4 Å². The van der Waals surface area contributed by atoms with Gasteiger partial charge < -0.3 is 25.9 Å². The van der Waals surface area contributed by atoms with Crippen LogP contribution >= 0.6 is 0 Å². The lowest BCUT2D eigenvalue weighted by molar-refractivity contribution is -0.122. The molecule has 11 heteroatoms. The Bertz CT molecular complexity index is 1420. The molecule has 4 aromatic rings. The summed E-state index contributed by atoms with van der Waals surface area (Å²) in [5.41, 5.74) is 10.5. The second kappa shape index (κ2) is 9.45. The molecule has 2 heterocycles. The van der Waals surface area contributed by atoms with Gasteiger partial charge in [0, 0.05) is 28.7 Å². The van der Waals surface area contributed by atoms with Crippen LogP contribution in [0.5, 0.6) is 0 Å². The number of nitrogens with two attached hydrogens (primary N) is 1. The van der Waals surface area contributed by atoms with Crippen molar-refractivity contribution in [2.24, 2.45) is 5.73 Å². The van der Waals surface area contributed by atoms with Gasteiger partial charge in [0.2, 0.25) is 11.9 Å². The Labute approximate surface area is 193 Å². The minimum Gasteiger partial charge on any atom is -0.483 e. The Kier molecular flexibility index (Phi) is 6.26. The summed E-state index contributed by atoms with van der Waals surface area (Å²) in [7, 11) is 0. The van der Waals surface area contributed by atoms with Crippen molar-refractivity contribution in [2.45, 2.75) is 25.7 Å². The Morgan fingerprint density at radius 2 is 1.91 bits per heavy atom. The predicted octanol–water partition coefficient (Wildman–Crippen LogP) is 3.38. The van der Waals surface area contributed by atoms with Gasteiger partial charge in [-0.3, -0.25) is 14.6 Å². The van der Waals surface area contributed by atoms with Crippen LogP contribution in [0, 0.1) is 6.92 Å². The SMILES string of the molecule is Cc1cnc(Nc2ccc(C(N)=O)c(C3CC3)c2)nc1Nc1ccc2oc(=O)[nH]c2c1.O=CO. The summed E-state index contributed by atoms with van der Waals surface area (Å²) >= 11 is 0. The van der Waals surface area contributed by atoms with Crippen molar-refractivity contribution < 1.29 is 19.1 Å². The molecule has 0 unspecified atom stereocenters. The van der Waals surface area contributed by atoms with Gasteiger partial charge in [-0.2, -0.15) is 4.98 Å². The lowest BCUT2D eigenvalue weighted by Gasteiger charge is -2.13. The molecule has 11 nitrogen and oxygen atoms in total. The number of H-pyrrole nitrogens is 1. The van der Waals surface area contributed by atoms with Crippen molar-refractivity contribution >= 4 is 46.6 Å². The maximum atomic E-state index is 11.7. The fraction of sp³-hybridized carbons (Fsp3) is 0.174. The highest BCUT2D eigenvalue weighted by Crippen LogP contribution is 2.42. The molecule has 1 fully saturated rings. The third kappa shape index (κ3) is 5.04. The molecular formula is C23H22N6O5. The van der Waals surface area contributed by atoms with Crippen molar-refractivity contribution in [1.82, 2.24) is 15.0 Å². The number of benzene rings is 2. The number of primary amides is 1. The van der Waals surface area contributed by atoms with Gasteiger partial charge in [0.15, 0.2) is 5.58 Å². The number of carbonyl (C=O) groups is 2. The summed E-state index contributed by atoms with van der Waals surface area (Å²) in [6.45, 7) is 1.65. The van der Waals surface area contributed by atoms with E-state index in [9.17, 15) is 9.59 Å². The minimum absolute atomic E-state index is 0.250. The molecule has 0 spiro atoms. The molecule has 1 aliphatic rings. The number of aryl methyl sites for hydroxylation is 1. The first kappa shape index (κ1) is 22.5. The highest BCUT2D eigenvalue weighted by Gasteiger charge is 2.27. The first-order valence-corrected chi connectivity index (χ1v) is 10.4. The van der Waals surface area contributed by atoms with E-state index in [2.05, 4.69) is 25.6 Å². The van der Waals surface area contributed by atoms with Crippen LogP contribution in [0.3, 0.4) is 0 Å². The largest absolute Gasteiger partial charge is 0.483 e. The summed E-state index contributed by atoms with van der Waals surface area (Å²) in [4.78, 5) is 43.0. The second-order valence-corrected chi connectivity index (χ2v) is 7.75. The molecule has 0 saturated heterocycles. The molecule has 174 valence electrons. The lowest BCUT2D eigenvalue weighted by Crippen LogP contribution is -2.13. The maximum Gasteiger partial charge on any atom is 0.417 e. The van der Waals surface area contributed by atoms with E-state index in [-0.39, 0.29) is 6.47 Å². The molecule has 0 atom stereocenters. The van der Waals surface area contributed by atoms with Gasteiger partial charge >= 0.3 is 5.76 Å². The fourth-order valence-corrected chi connectivity index (χ4v) is 3.52. The summed E-state index contributed by atoms with van der Waals surface area (Å²) in [5.74, 6) is 0.509. The number of hydrogen-bond acceptors (Lipinski definition) is 8. The smallest absolute Gasteiger partial charge is 0.417 e. The van der Waals surface area contributed by atoms with Gasteiger partial charge in [0.25, 0.3) is 6.47 Å². The fourth-order valence-electron chi connectivity index (χ4n) is 3.52. The first-order chi connectivity index (χ1) is 16.4. The molecule has 0 radical (unpaired) electrons. The van der Waals surface area contributed by atoms with Crippen LogP contribution in [0.15, 0.2) is 51.8 Å². The predicted molar refractivity (Wildman–Crippen MR) is 126 cm³/mol. The Hall–Kier alpha value is -4.67. The van der Waals surface area contributed by atoms with Crippen molar-refractivity contribution in [1.29, 1.82) is 0 Å². The van der Waals surface area contributed by atoms with E-state index in [1.165, 1.54) is 0 Å². The highest BCUT2D eigenvalue weighted by molar-refractivity contribution is 5.95. The Balaban J connectivity index is 0.000000868. The molecule has 5 rings (SSSR count). The minimum atomic E-state index is -0.496. The zero-order valence-electron chi connectivity index (χ0n) is 18.2. The van der Waals surface area contributed by atoms with Crippen LogP contribution in [-0.2, 0) is 4.79 Å². The number of nitrogens with one attached hydrogen (secondary N) is 3. The van der Waals surface area contributed by atoms with Gasteiger partial charge in [-0.25, -0.2) is 9.78 Å². The number of aromatic amines is 1. The number of anilines is 4. The van der Waals surface area contributed by atoms with E-state index in [1.807, 2.05) is 13.0 Å². The summed E-state index contributed by atoms with van der Waals surface area (Å²) in [6, 6.07) is 10.8. The number of oxazole rings is 1. The number of amides is 1. The normalized spacial score (nSPS) is 12.5. The number of rotatable bonds is 6. The van der Waals surface area contributed by atoms with Crippen LogP contribution < -0.4 is 22.1 Å². The Morgan fingerprint density at radius 3 is 2.62 bits per heavy atom. The standard InChI is InChI=1S/C22H20N6O3.CH2O2/c1-11-10-24-21(26-13-4-6-15(19(23)29)16(8-13)12-2-3-12)28-20(11)25-14-5-7-18-17(9-14)27-22(30)31-18;2-1-3/h4-10,12H,2-3H2,1H3,(H2,23,29)(H,27,30)(H2,24,25,26,28);1H,(H,2,3). The molecule has 1 aliphatic carbocycles. The molecule has 0 aliphatic heterocycles. The van der Waals surface area contributed by atoms with Gasteiger partial charge in [-0.1, -0.05) is 0 Å². The molecule has 6 N–H and O–H groups in total. The number of carboxylic acid groups (broad SMARTS) is 1. The molecule has 2 aromatic carbocycles. The van der Waals surface area contributed by atoms with Gasteiger partial charge in [-0.15, -0.1) is 0 Å². The topological polar surface area (TPSA) is 176 Å². The summed E-state index contributed by atoms with van der Waals surface area (Å²) < 4.78 is 5.03. The molecule has 0 bridgehead atoms. The second-order valence-electron chi connectivity index (χ2n) is 7.75. The van der Waals surface area contributed by atoms with E-state index in [4.69, 9.17) is 20.1 Å². The van der Waals surface area contributed by atoms with E-state index in [0.29, 0.717) is 34.3 Å². The van der Waals surface area contributed by atoms with Crippen molar-refractivity contribution in [2.75, 3.05) is 10.6 Å². The van der Waals surface area contributed by atoms with Gasteiger partial charge in [0.05, 0.1) is 5.52 Å². The number of carbonyl (C=O) groups excluding carboxylic acids is 1. The maximum absolute atomic E-state index is 11.7. The lowest BCUT2D eigenvalue weighted by atomic mass is 10.0. The third-order valence-electron chi connectivity index (χ3n) is 5.24. The van der Waals surface area contributed by atoms with Crippen LogP contribution in [0.1, 0.15) is 40.2 Å². The van der Waals surface area contributed by atoms with E-state index in [1.54, 1.807) is 36.5 Å². The molecule has 1 amide bonds. The quantitative estimate of drug-likeness (QED) is 0.269. The molecule has 1 saturated carbocycles. The number of hydrogen-bond donors (Lipinski definition) is 5. The highest BCUT2D eigenvalue weighted by atomic mass is 16.4. The molecule has 34 heavy (non-hydrogen) atoms. The van der Waals surface area contributed by atoms with Crippen molar-refractivity contribution in [3.8, 4) is 0 Å². The van der Waals surface area contributed by atoms with E-state index >= 15 is 0 Å². The Morgan fingerprint density at radius 1 is 1.21 bits per heavy atom. The summed E-state index contributed by atoms with van der Waals surface area (Å²) in [5, 5.41) is 13.3. The number of nitrogens with zero attached hydrogens (tertiary/aromatic N) is 2.